The van der Waals surface area contributed by atoms with Gasteiger partial charge < -0.3 is 55.2 Å². The standard InChI is InChI=1S/C35H38ClF3N8O4.C33H32ClF3N10O4S/c36-25-8-6-24(7-9-25)34(12-13-34)44-31-41-30(42-32(43-31)51-22-35(37,38)39)40-26-10-4-23(5-11-26)27(48)46-18-14-33(20-46)15-19-47(21-33)29(50)28(49)45-16-2-1-3-17-45;1-19-44-45-30(52-19)39-24(48)26(50)47-15-13-31(17-47)12-14-46(16-31)25(49)20-2-8-23(9-3-20)38-27-40-28(42-29(41-27)51-18-33(35,36)37)43-32(10-11-32)21-4-6-22(34)7-5-21/h4-11H,1-3,12-22H2,(H2,40,41,42,43,44);2-9H,10-18H2,1H3,(H,39,45,48)(H2,38,40,41,42,43). The highest BCUT2D eigenvalue weighted by Crippen LogP contribution is 2.50. The summed E-state index contributed by atoms with van der Waals surface area (Å²) in [6, 6.07) is 26.6. The third-order valence-corrected chi connectivity index (χ3v) is 20.7. The normalized spacial score (nSPS) is 20.1. The van der Waals surface area contributed by atoms with Gasteiger partial charge in [-0.15, -0.1) is 10.2 Å². The fourth-order valence-corrected chi connectivity index (χ4v) is 14.5. The molecule has 8 heterocycles. The van der Waals surface area contributed by atoms with E-state index in [1.807, 2.05) is 24.3 Å². The molecule has 0 bridgehead atoms. The van der Waals surface area contributed by atoms with Crippen LogP contribution in [0.4, 0.5) is 66.6 Å². The lowest BCUT2D eigenvalue weighted by Crippen LogP contribution is -2.47. The summed E-state index contributed by atoms with van der Waals surface area (Å²) < 4.78 is 87.6. The SMILES string of the molecule is Cc1nnc(NC(=O)C(=O)N2CCC3(CCN(C(=O)c4ccc(Nc5nc(NC6(c7ccc(Cl)cc7)CC6)nc(OCC(F)(F)F)n5)cc4)C3)C2)s1.O=C(C(=O)N1CCC2(CCN(C(=O)c3ccc(Nc4nc(NC5(c6ccc(Cl)cc6)CC5)nc(OCC(F)(F)F)n4)cc3)C2)C1)N1CCCCC1. The number of halogens is 8. The highest BCUT2D eigenvalue weighted by atomic mass is 35.5. The van der Waals surface area contributed by atoms with Crippen molar-refractivity contribution in [2.24, 2.45) is 10.8 Å². The van der Waals surface area contributed by atoms with Crippen molar-refractivity contribution in [1.29, 1.82) is 0 Å². The maximum absolute atomic E-state index is 13.5. The van der Waals surface area contributed by atoms with Crippen molar-refractivity contribution in [3.05, 3.63) is 134 Å². The van der Waals surface area contributed by atoms with Crippen LogP contribution in [-0.4, -0.2) is 191 Å². The number of aromatic nitrogens is 8. The van der Waals surface area contributed by atoms with Gasteiger partial charge >= 0.3 is 48.0 Å². The van der Waals surface area contributed by atoms with Gasteiger partial charge in [-0.05, 0) is 161 Å². The summed E-state index contributed by atoms with van der Waals surface area (Å²) in [5, 5.41) is 24.7. The third kappa shape index (κ3) is 17.5. The number of likely N-dealkylation sites (tertiary alicyclic amines) is 5. The Morgan fingerprint density at radius 2 is 0.854 bits per heavy atom. The van der Waals surface area contributed by atoms with Crippen LogP contribution >= 0.6 is 34.5 Å². The zero-order chi connectivity index (χ0) is 72.5. The molecule has 35 heteroatoms. The van der Waals surface area contributed by atoms with E-state index in [-0.39, 0.29) is 51.6 Å². The van der Waals surface area contributed by atoms with Crippen LogP contribution in [0.3, 0.4) is 0 Å². The average Bonchev–Trinajstić information content (AvgIpc) is 1.62. The number of alkyl halides is 6. The van der Waals surface area contributed by atoms with Gasteiger partial charge in [0.15, 0.2) is 13.2 Å². The van der Waals surface area contributed by atoms with Crippen molar-refractivity contribution in [2.45, 2.75) is 101 Å². The molecule has 0 radical (unpaired) electrons. The molecule has 6 amide bonds. The highest BCUT2D eigenvalue weighted by molar-refractivity contribution is 7.15. The van der Waals surface area contributed by atoms with E-state index >= 15 is 0 Å². The summed E-state index contributed by atoms with van der Waals surface area (Å²) in [6.45, 7) is 3.52. The van der Waals surface area contributed by atoms with Crippen LogP contribution in [0.5, 0.6) is 12.0 Å². The van der Waals surface area contributed by atoms with E-state index in [9.17, 15) is 55.1 Å². The lowest BCUT2D eigenvalue weighted by Gasteiger charge is -2.29. The Morgan fingerprint density at radius 1 is 0.466 bits per heavy atom. The van der Waals surface area contributed by atoms with Gasteiger partial charge in [0.05, 0.1) is 11.1 Å². The number of anilines is 7. The molecule has 7 aliphatic rings. The first-order chi connectivity index (χ1) is 49.2. The van der Waals surface area contributed by atoms with Crippen molar-refractivity contribution in [2.75, 3.05) is 105 Å². The second kappa shape index (κ2) is 29.2. The number of benzene rings is 4. The Labute approximate surface area is 600 Å². The Morgan fingerprint density at radius 3 is 1.25 bits per heavy atom. The van der Waals surface area contributed by atoms with E-state index in [4.69, 9.17) is 32.7 Å². The number of carbonyl (C=O) groups excluding carboxylic acids is 6. The molecule has 4 aromatic carbocycles. The van der Waals surface area contributed by atoms with E-state index in [1.54, 1.807) is 99.3 Å². The first kappa shape index (κ1) is 71.6. The number of aryl methyl sites for hydroxylation is 1. The van der Waals surface area contributed by atoms with Crippen molar-refractivity contribution < 1.29 is 64.6 Å². The molecule has 5 saturated heterocycles. The van der Waals surface area contributed by atoms with Gasteiger partial charge in [-0.25, -0.2) is 0 Å². The summed E-state index contributed by atoms with van der Waals surface area (Å²) in [7, 11) is 0. The largest absolute Gasteiger partial charge is 0.454 e. The first-order valence-electron chi connectivity index (χ1n) is 33.5. The number of hydrogen-bond acceptors (Lipinski definition) is 21. The van der Waals surface area contributed by atoms with E-state index in [1.165, 1.54) is 16.2 Å². The molecule has 5 N–H and O–H groups in total. The zero-order valence-electron chi connectivity index (χ0n) is 55.5. The lowest BCUT2D eigenvalue weighted by molar-refractivity contribution is -0.155. The number of ether oxygens (including phenoxy) is 2. The maximum atomic E-state index is 13.5. The number of nitrogens with one attached hydrogen (secondary N) is 5. The molecule has 2 saturated carbocycles. The van der Waals surface area contributed by atoms with Crippen molar-refractivity contribution in [3.8, 4) is 12.0 Å². The average molecular weight is 1480 g/mol. The molecule has 3 aromatic heterocycles. The number of amides is 6. The van der Waals surface area contributed by atoms with Crippen LogP contribution in [0, 0.1) is 17.8 Å². The minimum Gasteiger partial charge on any atom is -0.454 e. The second-order valence-electron chi connectivity index (χ2n) is 27.0. The fourth-order valence-electron chi connectivity index (χ4n) is 13.7. The lowest BCUT2D eigenvalue weighted by atomic mass is 9.86. The van der Waals surface area contributed by atoms with Gasteiger partial charge in [-0.3, -0.25) is 34.1 Å². The third-order valence-electron chi connectivity index (χ3n) is 19.4. The summed E-state index contributed by atoms with van der Waals surface area (Å²) in [5.41, 5.74) is 2.14. The number of rotatable bonds is 17. The molecule has 14 rings (SSSR count). The molecule has 26 nitrogen and oxygen atoms in total. The summed E-state index contributed by atoms with van der Waals surface area (Å²) in [6.07, 6.45) is -0.460. The smallest absolute Gasteiger partial charge is 0.422 e. The maximum Gasteiger partial charge on any atom is 0.422 e. The number of carbonyl (C=O) groups is 6. The molecule has 103 heavy (non-hydrogen) atoms. The van der Waals surface area contributed by atoms with Crippen LogP contribution in [0.15, 0.2) is 97.1 Å². The van der Waals surface area contributed by atoms with Crippen LogP contribution in [0.1, 0.15) is 107 Å². The Balaban J connectivity index is 0.000000183. The van der Waals surface area contributed by atoms with E-state index in [0.717, 1.165) is 68.9 Å². The topological polar surface area (TPSA) is 300 Å². The zero-order valence-corrected chi connectivity index (χ0v) is 57.8. The van der Waals surface area contributed by atoms with Gasteiger partial charge in [-0.1, -0.05) is 58.8 Å². The molecule has 2 spiro atoms. The van der Waals surface area contributed by atoms with Gasteiger partial charge in [0.1, 0.15) is 5.01 Å². The van der Waals surface area contributed by atoms with E-state index in [0.29, 0.717) is 116 Å². The van der Waals surface area contributed by atoms with E-state index < -0.39 is 72.3 Å². The van der Waals surface area contributed by atoms with Crippen LogP contribution in [0.2, 0.25) is 10.0 Å². The quantitative estimate of drug-likeness (QED) is 0.0418. The Hall–Kier alpha value is -9.76. The summed E-state index contributed by atoms with van der Waals surface area (Å²) in [5.74, 6) is -2.68. The van der Waals surface area contributed by atoms with Gasteiger partial charge in [-0.2, -0.15) is 56.2 Å². The monoisotopic (exact) mass is 1480 g/mol. The number of nitrogens with zero attached hydrogens (tertiary/aromatic N) is 13. The molecule has 5 aliphatic heterocycles. The molecule has 7 fully saturated rings. The molecule has 2 aliphatic carbocycles. The highest BCUT2D eigenvalue weighted by Gasteiger charge is 2.50. The number of piperidine rings is 1. The predicted octanol–water partition coefficient (Wildman–Crippen LogP) is 10.6. The minimum atomic E-state index is -4.60. The first-order valence-corrected chi connectivity index (χ1v) is 35.0. The van der Waals surface area contributed by atoms with Gasteiger partial charge in [0.25, 0.3) is 11.8 Å². The van der Waals surface area contributed by atoms with Crippen molar-refractivity contribution >= 4 is 110 Å². The number of hydrogen-bond donors (Lipinski definition) is 5. The molecular formula is C68H70Cl2F6N18O8S. The Kier molecular flexibility index (Phi) is 20.3. The van der Waals surface area contributed by atoms with Crippen LogP contribution < -0.4 is 36.1 Å². The molecule has 2 atom stereocenters. The van der Waals surface area contributed by atoms with Crippen LogP contribution in [-0.2, 0) is 30.3 Å². The van der Waals surface area contributed by atoms with Gasteiger partial charge in [0, 0.05) is 109 Å². The predicted molar refractivity (Wildman–Crippen MR) is 366 cm³/mol. The fraction of sp³-hybridized carbons (Fsp3) is 0.441. The molecule has 2 unspecified atom stereocenters. The second-order valence-corrected chi connectivity index (χ2v) is 29.1. The van der Waals surface area contributed by atoms with E-state index in [2.05, 4.69) is 66.7 Å². The summed E-state index contributed by atoms with van der Waals surface area (Å²) >= 11 is 13.3. The summed E-state index contributed by atoms with van der Waals surface area (Å²) in [4.78, 5) is 112. The van der Waals surface area contributed by atoms with Gasteiger partial charge in [0.2, 0.25) is 28.9 Å². The molecular weight excluding hydrogens is 1410 g/mol. The van der Waals surface area contributed by atoms with Crippen molar-refractivity contribution in [1.82, 2.24) is 64.6 Å². The molecule has 7 aromatic rings. The van der Waals surface area contributed by atoms with Crippen molar-refractivity contribution in [3.63, 3.8) is 0 Å². The Bertz CT molecular complexity index is 4330. The molecule has 542 valence electrons. The van der Waals surface area contributed by atoms with Crippen LogP contribution in [0.25, 0.3) is 0 Å². The minimum absolute atomic E-state index is 0.0246.